The quantitative estimate of drug-likeness (QED) is 0.184. The second kappa shape index (κ2) is 15.8. The molecule has 3 atom stereocenters. The van der Waals surface area contributed by atoms with E-state index >= 15 is 0 Å². The molecule has 0 fully saturated rings. The van der Waals surface area contributed by atoms with Crippen LogP contribution in [0.5, 0.6) is 17.2 Å². The molecule has 0 radical (unpaired) electrons. The minimum absolute atomic E-state index is 0.00111. The number of ketones is 1. The Bertz CT molecular complexity index is 2080. The van der Waals surface area contributed by atoms with E-state index in [-0.39, 0.29) is 41.9 Å². The molecule has 55 heavy (non-hydrogen) atoms. The Morgan fingerprint density at radius 2 is 1.49 bits per heavy atom. The maximum absolute atomic E-state index is 14.1. The Morgan fingerprint density at radius 3 is 2.20 bits per heavy atom. The second-order valence-electron chi connectivity index (χ2n) is 15.1. The number of likely N-dealkylation sites (N-methyl/N-ethyl adjacent to an activating group) is 1. The summed E-state index contributed by atoms with van der Waals surface area (Å²) in [5.41, 5.74) is 7.45. The average Bonchev–Trinajstić information content (AvgIpc) is 3.82. The van der Waals surface area contributed by atoms with Gasteiger partial charge in [0.25, 0.3) is 5.91 Å². The lowest BCUT2D eigenvalue weighted by atomic mass is 9.89. The predicted molar refractivity (Wildman–Crippen MR) is 213 cm³/mol. The highest BCUT2D eigenvalue weighted by atomic mass is 16.5. The summed E-state index contributed by atoms with van der Waals surface area (Å²) < 4.78 is 18.0. The first kappa shape index (κ1) is 37.9. The highest BCUT2D eigenvalue weighted by Gasteiger charge is 2.42. The number of ether oxygens (including phenoxy) is 3. The van der Waals surface area contributed by atoms with Crippen LogP contribution in [-0.4, -0.2) is 68.9 Å². The van der Waals surface area contributed by atoms with Gasteiger partial charge in [-0.25, -0.2) is 0 Å². The molecule has 3 unspecified atom stereocenters. The first-order valence-corrected chi connectivity index (χ1v) is 19.6. The van der Waals surface area contributed by atoms with Gasteiger partial charge < -0.3 is 28.9 Å². The van der Waals surface area contributed by atoms with Crippen LogP contribution in [0.3, 0.4) is 0 Å². The zero-order valence-corrected chi connectivity index (χ0v) is 32.8. The van der Waals surface area contributed by atoms with Crippen LogP contribution in [0.1, 0.15) is 96.2 Å². The van der Waals surface area contributed by atoms with Crippen LogP contribution in [0, 0.1) is 18.8 Å². The SMILES string of the molecule is CCCC1=CN2C(=O)c3cc(OC)c(OCCCOc4cc5c(cc4C)C(=O)CCC4C=C(c6ccc(CC)cc6)CC4C(=O)N5C)cc3N(C)C(=O)C2C1. The molecule has 4 aliphatic rings. The Labute approximate surface area is 323 Å². The molecule has 0 saturated heterocycles. The number of carbonyl (C=O) groups is 4. The summed E-state index contributed by atoms with van der Waals surface area (Å²) in [6.45, 7) is 6.72. The van der Waals surface area contributed by atoms with Gasteiger partial charge in [0.15, 0.2) is 17.3 Å². The maximum atomic E-state index is 14.1. The number of benzene rings is 3. The number of nitrogens with zero attached hydrogens (tertiary/aromatic N) is 3. The van der Waals surface area contributed by atoms with Crippen LogP contribution >= 0.6 is 0 Å². The number of hydrogen-bond acceptors (Lipinski definition) is 7. The molecule has 0 N–H and O–H groups in total. The second-order valence-corrected chi connectivity index (χ2v) is 15.1. The summed E-state index contributed by atoms with van der Waals surface area (Å²) in [5.74, 6) is 0.831. The van der Waals surface area contributed by atoms with Crippen molar-refractivity contribution in [3.8, 4) is 17.2 Å². The third kappa shape index (κ3) is 7.26. The highest BCUT2D eigenvalue weighted by molar-refractivity contribution is 6.12. The van der Waals surface area contributed by atoms with Gasteiger partial charge in [-0.05, 0) is 79.3 Å². The number of methoxy groups -OCH3 is 1. The van der Waals surface area contributed by atoms with Crippen LogP contribution in [0.15, 0.2) is 66.4 Å². The van der Waals surface area contributed by atoms with Crippen molar-refractivity contribution in [2.75, 3.05) is 44.2 Å². The van der Waals surface area contributed by atoms with Crippen molar-refractivity contribution in [1.29, 1.82) is 0 Å². The third-order valence-electron chi connectivity index (χ3n) is 11.6. The average molecular weight is 746 g/mol. The lowest BCUT2D eigenvalue weighted by molar-refractivity contribution is -0.123. The molecule has 3 aromatic carbocycles. The number of amides is 3. The van der Waals surface area contributed by atoms with Crippen molar-refractivity contribution in [3.05, 3.63) is 94.2 Å². The van der Waals surface area contributed by atoms with Crippen LogP contribution in [-0.2, 0) is 16.0 Å². The first-order chi connectivity index (χ1) is 26.5. The molecule has 0 aromatic heterocycles. The van der Waals surface area contributed by atoms with Gasteiger partial charge in [0, 0.05) is 56.8 Å². The fraction of sp³-hybridized carbons (Fsp3) is 0.422. The van der Waals surface area contributed by atoms with Gasteiger partial charge in [0.1, 0.15) is 11.8 Å². The number of hydrogen-bond donors (Lipinski definition) is 0. The number of allylic oxidation sites excluding steroid dienone is 2. The number of fused-ring (bicyclic) bond motifs is 4. The molecule has 7 rings (SSSR count). The fourth-order valence-corrected chi connectivity index (χ4v) is 8.44. The monoisotopic (exact) mass is 745 g/mol. The topological polar surface area (TPSA) is 106 Å². The molecule has 10 heteroatoms. The zero-order chi connectivity index (χ0) is 39.0. The summed E-state index contributed by atoms with van der Waals surface area (Å²) in [7, 11) is 4.97. The molecule has 0 bridgehead atoms. The Morgan fingerprint density at radius 1 is 0.800 bits per heavy atom. The van der Waals surface area contributed by atoms with Crippen molar-refractivity contribution in [2.24, 2.45) is 11.8 Å². The van der Waals surface area contributed by atoms with E-state index in [0.29, 0.717) is 78.5 Å². The van der Waals surface area contributed by atoms with Crippen LogP contribution < -0.4 is 24.0 Å². The molecule has 3 amide bonds. The number of carbonyl (C=O) groups excluding carboxylic acids is 4. The molecule has 1 aliphatic carbocycles. The van der Waals surface area contributed by atoms with E-state index in [9.17, 15) is 19.2 Å². The van der Waals surface area contributed by atoms with Gasteiger partial charge in [-0.1, -0.05) is 56.2 Å². The van der Waals surface area contributed by atoms with Gasteiger partial charge >= 0.3 is 0 Å². The standard InChI is InChI=1S/C45H51N3O7/c1-7-10-29-20-38-45(52)47(5)37-25-42(41(53-6)23-35(37)44(51)48(38)26-29)55-18-9-17-54-40-24-36-34(19-27(40)3)39(49)16-15-31-21-32(22-33(31)43(50)46(36)4)30-13-11-28(8-2)12-14-30/h11-14,19,21,23-26,31,33,38H,7-10,15-18,20,22H2,1-6H3. The summed E-state index contributed by atoms with van der Waals surface area (Å²) in [6.07, 6.45) is 9.51. The Hall–Kier alpha value is -5.38. The van der Waals surface area contributed by atoms with Crippen LogP contribution in [0.25, 0.3) is 5.57 Å². The first-order valence-electron chi connectivity index (χ1n) is 19.6. The highest BCUT2D eigenvalue weighted by Crippen LogP contribution is 2.44. The molecule has 10 nitrogen and oxygen atoms in total. The Kier molecular flexibility index (Phi) is 10.9. The minimum atomic E-state index is -0.557. The largest absolute Gasteiger partial charge is 0.493 e. The van der Waals surface area contributed by atoms with Gasteiger partial charge in [0.05, 0.1) is 37.3 Å². The lowest BCUT2D eigenvalue weighted by Crippen LogP contribution is -2.42. The normalized spacial score (nSPS) is 20.8. The molecule has 0 spiro atoms. The minimum Gasteiger partial charge on any atom is -0.493 e. The van der Waals surface area contributed by atoms with E-state index < -0.39 is 6.04 Å². The van der Waals surface area contributed by atoms with E-state index in [2.05, 4.69) is 44.2 Å². The molecular formula is C45H51N3O7. The summed E-state index contributed by atoms with van der Waals surface area (Å²) in [5, 5.41) is 0. The number of rotatable bonds is 11. The van der Waals surface area contributed by atoms with Crippen LogP contribution in [0.2, 0.25) is 0 Å². The molecular weight excluding hydrogens is 695 g/mol. The number of anilines is 2. The van der Waals surface area contributed by atoms with E-state index in [1.807, 2.05) is 25.3 Å². The van der Waals surface area contributed by atoms with Gasteiger partial charge in [-0.3, -0.25) is 19.2 Å². The summed E-state index contributed by atoms with van der Waals surface area (Å²) in [4.78, 5) is 59.6. The fourth-order valence-electron chi connectivity index (χ4n) is 8.44. The van der Waals surface area contributed by atoms with E-state index in [0.717, 1.165) is 36.0 Å². The van der Waals surface area contributed by atoms with Gasteiger partial charge in [0.2, 0.25) is 11.8 Å². The van der Waals surface area contributed by atoms with Crippen molar-refractivity contribution in [2.45, 2.75) is 78.2 Å². The maximum Gasteiger partial charge on any atom is 0.260 e. The summed E-state index contributed by atoms with van der Waals surface area (Å²) >= 11 is 0. The van der Waals surface area contributed by atoms with Gasteiger partial charge in [-0.2, -0.15) is 0 Å². The predicted octanol–water partition coefficient (Wildman–Crippen LogP) is 7.95. The smallest absolute Gasteiger partial charge is 0.260 e. The third-order valence-corrected chi connectivity index (χ3v) is 11.6. The molecule has 3 aromatic rings. The number of Topliss-reactive ketones (excluding diaryl/α,β-unsaturated/α-hetero) is 1. The molecule has 3 heterocycles. The molecule has 0 saturated carbocycles. The Balaban J connectivity index is 1.02. The molecule has 3 aliphatic heterocycles. The lowest BCUT2D eigenvalue weighted by Gasteiger charge is -2.26. The molecule has 288 valence electrons. The van der Waals surface area contributed by atoms with Crippen LogP contribution in [0.4, 0.5) is 11.4 Å². The van der Waals surface area contributed by atoms with E-state index in [1.54, 1.807) is 40.9 Å². The van der Waals surface area contributed by atoms with Crippen molar-refractivity contribution < 1.29 is 33.4 Å². The number of aryl methyl sites for hydroxylation is 2. The van der Waals surface area contributed by atoms with E-state index in [4.69, 9.17) is 14.2 Å². The van der Waals surface area contributed by atoms with Gasteiger partial charge in [-0.15, -0.1) is 0 Å². The summed E-state index contributed by atoms with van der Waals surface area (Å²) in [6, 6.07) is 15.0. The zero-order valence-electron chi connectivity index (χ0n) is 32.8. The van der Waals surface area contributed by atoms with Crippen molar-refractivity contribution in [3.63, 3.8) is 0 Å². The van der Waals surface area contributed by atoms with E-state index in [1.165, 1.54) is 18.2 Å². The van der Waals surface area contributed by atoms with Crippen molar-refractivity contribution >= 4 is 40.5 Å². The van der Waals surface area contributed by atoms with Crippen molar-refractivity contribution in [1.82, 2.24) is 4.90 Å².